The van der Waals surface area contributed by atoms with E-state index in [9.17, 15) is 5.11 Å². The summed E-state index contributed by atoms with van der Waals surface area (Å²) in [5, 5.41) is 13.0. The minimum Gasteiger partial charge on any atom is -0.385 e. The van der Waals surface area contributed by atoms with Gasteiger partial charge in [0.1, 0.15) is 0 Å². The van der Waals surface area contributed by atoms with Crippen molar-refractivity contribution in [3.8, 4) is 0 Å². The fraction of sp³-hybridized carbons (Fsp3) is 0.300. The molecule has 1 aliphatic rings. The number of anilines is 1. The molecule has 0 fully saturated rings. The fourth-order valence-electron chi connectivity index (χ4n) is 2.23. The molecule has 22 heavy (non-hydrogen) atoms. The number of nitrogens with one attached hydrogen (secondary N) is 1. The van der Waals surface area contributed by atoms with Crippen LogP contribution in [0.1, 0.15) is 38.8 Å². The maximum atomic E-state index is 9.55. The molecule has 0 heterocycles. The Morgan fingerprint density at radius 1 is 1.23 bits per heavy atom. The number of allylic oxidation sites excluding steroid dienone is 4. The van der Waals surface area contributed by atoms with E-state index in [0.717, 1.165) is 17.8 Å². The van der Waals surface area contributed by atoms with Crippen molar-refractivity contribution in [3.05, 3.63) is 71.5 Å². The quantitative estimate of drug-likeness (QED) is 0.811. The van der Waals surface area contributed by atoms with Gasteiger partial charge in [-0.1, -0.05) is 63.3 Å². The average Bonchev–Trinajstić information content (AvgIpc) is 2.76. The van der Waals surface area contributed by atoms with Gasteiger partial charge in [-0.25, -0.2) is 0 Å². The van der Waals surface area contributed by atoms with Crippen molar-refractivity contribution in [1.82, 2.24) is 0 Å². The average molecular weight is 297 g/mol. The Kier molecular flexibility index (Phi) is 8.01. The minimum atomic E-state index is -0.512. The van der Waals surface area contributed by atoms with E-state index < -0.39 is 6.10 Å². The zero-order valence-electron chi connectivity index (χ0n) is 14.0. The topological polar surface area (TPSA) is 32.3 Å². The van der Waals surface area contributed by atoms with Crippen molar-refractivity contribution in [2.75, 3.05) is 5.32 Å². The third-order valence-electron chi connectivity index (χ3n) is 3.25. The lowest BCUT2D eigenvalue weighted by Gasteiger charge is -2.13. The number of aliphatic hydroxyl groups excluding tert-OH is 1. The molecule has 2 nitrogen and oxygen atoms in total. The van der Waals surface area contributed by atoms with Gasteiger partial charge in [0, 0.05) is 16.9 Å². The van der Waals surface area contributed by atoms with Gasteiger partial charge in [0.2, 0.25) is 0 Å². The summed E-state index contributed by atoms with van der Waals surface area (Å²) in [7, 11) is 0. The van der Waals surface area contributed by atoms with Crippen LogP contribution in [0.25, 0.3) is 6.08 Å². The molecule has 0 spiro atoms. The van der Waals surface area contributed by atoms with Crippen molar-refractivity contribution in [1.29, 1.82) is 0 Å². The smallest absolute Gasteiger partial charge is 0.0909 e. The van der Waals surface area contributed by atoms with Crippen LogP contribution in [0, 0.1) is 0 Å². The Labute approximate surface area is 134 Å². The van der Waals surface area contributed by atoms with Crippen LogP contribution in [-0.2, 0) is 6.42 Å². The highest BCUT2D eigenvalue weighted by molar-refractivity contribution is 5.71. The monoisotopic (exact) mass is 297 g/mol. The van der Waals surface area contributed by atoms with Gasteiger partial charge in [-0.15, -0.1) is 0 Å². The van der Waals surface area contributed by atoms with Crippen molar-refractivity contribution in [2.24, 2.45) is 0 Å². The second-order valence-electron chi connectivity index (χ2n) is 4.71. The fourth-order valence-corrected chi connectivity index (χ4v) is 2.23. The summed E-state index contributed by atoms with van der Waals surface area (Å²) in [6.07, 6.45) is 13.9. The van der Waals surface area contributed by atoms with Crippen LogP contribution in [0.4, 0.5) is 5.69 Å². The molecule has 2 N–H and O–H groups in total. The summed E-state index contributed by atoms with van der Waals surface area (Å²) >= 11 is 0. The van der Waals surface area contributed by atoms with Crippen LogP contribution in [0.5, 0.6) is 0 Å². The van der Waals surface area contributed by atoms with Crippen molar-refractivity contribution >= 4 is 11.8 Å². The SMILES string of the molecule is C/C=C\c1c(CC)cccc1NC1=CC=CC(O)C=C1.CC. The highest BCUT2D eigenvalue weighted by Gasteiger charge is 2.06. The first-order valence-corrected chi connectivity index (χ1v) is 8.01. The van der Waals surface area contributed by atoms with Gasteiger partial charge in [0.05, 0.1) is 6.10 Å². The van der Waals surface area contributed by atoms with Crippen LogP contribution < -0.4 is 5.32 Å². The van der Waals surface area contributed by atoms with Gasteiger partial charge in [-0.2, -0.15) is 0 Å². The van der Waals surface area contributed by atoms with Gasteiger partial charge >= 0.3 is 0 Å². The molecule has 1 unspecified atom stereocenters. The van der Waals surface area contributed by atoms with Gasteiger partial charge in [0.25, 0.3) is 0 Å². The molecule has 0 saturated carbocycles. The molecule has 1 atom stereocenters. The number of hydrogen-bond donors (Lipinski definition) is 2. The lowest BCUT2D eigenvalue weighted by atomic mass is 10.0. The predicted molar refractivity (Wildman–Crippen MR) is 97.9 cm³/mol. The van der Waals surface area contributed by atoms with Gasteiger partial charge in [-0.05, 0) is 37.1 Å². The Morgan fingerprint density at radius 2 is 2.00 bits per heavy atom. The molecule has 0 radical (unpaired) electrons. The van der Waals surface area contributed by atoms with E-state index in [-0.39, 0.29) is 0 Å². The van der Waals surface area contributed by atoms with Crippen molar-refractivity contribution in [2.45, 2.75) is 40.2 Å². The largest absolute Gasteiger partial charge is 0.385 e. The van der Waals surface area contributed by atoms with E-state index in [1.807, 2.05) is 39.0 Å². The number of hydrogen-bond acceptors (Lipinski definition) is 2. The zero-order valence-corrected chi connectivity index (χ0v) is 14.0. The lowest BCUT2D eigenvalue weighted by molar-refractivity contribution is 0.272. The molecule has 118 valence electrons. The number of rotatable bonds is 4. The second-order valence-corrected chi connectivity index (χ2v) is 4.71. The molecule has 1 aromatic rings. The second kappa shape index (κ2) is 9.80. The van der Waals surface area contributed by atoms with Crippen molar-refractivity contribution < 1.29 is 5.11 Å². The normalized spacial score (nSPS) is 16.8. The summed E-state index contributed by atoms with van der Waals surface area (Å²) in [5.41, 5.74) is 4.60. The van der Waals surface area contributed by atoms with Crippen LogP contribution >= 0.6 is 0 Å². The molecular formula is C20H27NO. The first kappa shape index (κ1) is 18.0. The van der Waals surface area contributed by atoms with E-state index in [1.165, 1.54) is 11.1 Å². The molecular weight excluding hydrogens is 270 g/mol. The van der Waals surface area contributed by atoms with Gasteiger partial charge in [0.15, 0.2) is 0 Å². The van der Waals surface area contributed by atoms with Crippen LogP contribution in [-0.4, -0.2) is 11.2 Å². The standard InChI is InChI=1S/C18H21NO.C2H6/c1-3-7-17-14(4-2)8-5-11-18(17)19-15-9-6-10-16(20)13-12-15;1-2/h3,5-13,16,19-20H,4H2,1-2H3;1-2H3/b7-3-;. The Morgan fingerprint density at radius 3 is 2.68 bits per heavy atom. The third-order valence-corrected chi connectivity index (χ3v) is 3.25. The zero-order chi connectivity index (χ0) is 16.4. The molecule has 0 aliphatic heterocycles. The highest BCUT2D eigenvalue weighted by atomic mass is 16.3. The van der Waals surface area contributed by atoms with E-state index in [2.05, 4.69) is 42.6 Å². The van der Waals surface area contributed by atoms with E-state index >= 15 is 0 Å². The van der Waals surface area contributed by atoms with Crippen LogP contribution in [0.3, 0.4) is 0 Å². The summed E-state index contributed by atoms with van der Waals surface area (Å²) in [4.78, 5) is 0. The molecule has 0 bridgehead atoms. The van der Waals surface area contributed by atoms with Gasteiger partial charge in [-0.3, -0.25) is 0 Å². The van der Waals surface area contributed by atoms with Crippen LogP contribution in [0.15, 0.2) is 60.4 Å². The minimum absolute atomic E-state index is 0.512. The lowest BCUT2D eigenvalue weighted by Crippen LogP contribution is -2.01. The van der Waals surface area contributed by atoms with Gasteiger partial charge < -0.3 is 10.4 Å². The summed E-state index contributed by atoms with van der Waals surface area (Å²) in [6.45, 7) is 8.19. The molecule has 1 aliphatic carbocycles. The highest BCUT2D eigenvalue weighted by Crippen LogP contribution is 2.24. The molecule has 2 rings (SSSR count). The Balaban J connectivity index is 0.00000116. The maximum Gasteiger partial charge on any atom is 0.0909 e. The number of benzene rings is 1. The van der Waals surface area contributed by atoms with Crippen molar-refractivity contribution in [3.63, 3.8) is 0 Å². The van der Waals surface area contributed by atoms with E-state index in [4.69, 9.17) is 0 Å². The number of aryl methyl sites for hydroxylation is 1. The Bertz CT molecular complexity index is 579. The summed E-state index contributed by atoms with van der Waals surface area (Å²) < 4.78 is 0. The number of aliphatic hydroxyl groups is 1. The van der Waals surface area contributed by atoms with E-state index in [1.54, 1.807) is 12.2 Å². The van der Waals surface area contributed by atoms with Crippen LogP contribution in [0.2, 0.25) is 0 Å². The maximum absolute atomic E-state index is 9.55. The molecule has 0 amide bonds. The van der Waals surface area contributed by atoms with E-state index in [0.29, 0.717) is 0 Å². The Hall–Kier alpha value is -2.06. The molecule has 1 aromatic carbocycles. The first-order valence-electron chi connectivity index (χ1n) is 8.01. The first-order chi connectivity index (χ1) is 10.7. The summed E-state index contributed by atoms with van der Waals surface area (Å²) in [6, 6.07) is 6.30. The molecule has 0 saturated heterocycles. The molecule has 0 aromatic heterocycles. The third kappa shape index (κ3) is 5.05. The summed E-state index contributed by atoms with van der Waals surface area (Å²) in [5.74, 6) is 0. The molecule has 2 heteroatoms. The predicted octanol–water partition coefficient (Wildman–Crippen LogP) is 5.09.